The second kappa shape index (κ2) is 7.59. The van der Waals surface area contributed by atoms with Crippen molar-refractivity contribution in [3.63, 3.8) is 0 Å². The predicted octanol–water partition coefficient (Wildman–Crippen LogP) is 1.70. The highest BCUT2D eigenvalue weighted by Crippen LogP contribution is 2.21. The molecular formula is C18H19F3N6O3. The number of nitrogens with zero attached hydrogens (tertiary/aromatic N) is 5. The number of carbonyl (C=O) groups is 1. The molecular weight excluding hydrogens is 405 g/mol. The number of hydrogen-bond donors (Lipinski definition) is 1. The van der Waals surface area contributed by atoms with E-state index in [2.05, 4.69) is 15.2 Å². The van der Waals surface area contributed by atoms with Gasteiger partial charge in [0.25, 0.3) is 11.5 Å². The summed E-state index contributed by atoms with van der Waals surface area (Å²) in [6, 6.07) is 3.30. The number of aromatic nitrogens is 5. The number of alkyl halides is 3. The van der Waals surface area contributed by atoms with Gasteiger partial charge in [-0.3, -0.25) is 14.6 Å². The molecule has 0 aliphatic carbocycles. The summed E-state index contributed by atoms with van der Waals surface area (Å²) in [7, 11) is 0. The molecule has 0 aromatic carbocycles. The summed E-state index contributed by atoms with van der Waals surface area (Å²) in [5.41, 5.74) is 0.751. The van der Waals surface area contributed by atoms with Gasteiger partial charge >= 0.3 is 6.18 Å². The largest absolute Gasteiger partial charge is 0.411 e. The van der Waals surface area contributed by atoms with Gasteiger partial charge in [0, 0.05) is 19.3 Å². The molecule has 0 spiro atoms. The monoisotopic (exact) mass is 424 g/mol. The molecule has 160 valence electrons. The van der Waals surface area contributed by atoms with Gasteiger partial charge in [-0.2, -0.15) is 18.3 Å². The summed E-state index contributed by atoms with van der Waals surface area (Å²) in [4.78, 5) is 29.2. The molecule has 1 atom stereocenters. The van der Waals surface area contributed by atoms with Crippen LogP contribution in [0.15, 0.2) is 29.3 Å². The number of likely N-dealkylation sites (tertiary alicyclic amines) is 1. The number of fused-ring (bicyclic) bond motifs is 1. The van der Waals surface area contributed by atoms with E-state index in [1.54, 1.807) is 25.3 Å². The van der Waals surface area contributed by atoms with Crippen molar-refractivity contribution in [2.24, 2.45) is 0 Å². The van der Waals surface area contributed by atoms with E-state index in [1.165, 1.54) is 20.3 Å². The summed E-state index contributed by atoms with van der Waals surface area (Å²) in [6.07, 6.45) is -1.10. The number of carbonyl (C=O) groups excluding carboxylic acids is 1. The molecule has 1 aliphatic rings. The van der Waals surface area contributed by atoms with Crippen LogP contribution in [0.1, 0.15) is 28.9 Å². The van der Waals surface area contributed by atoms with E-state index in [4.69, 9.17) is 4.74 Å². The lowest BCUT2D eigenvalue weighted by molar-refractivity contribution is -0.188. The van der Waals surface area contributed by atoms with Crippen LogP contribution in [0.3, 0.4) is 0 Å². The fourth-order valence-electron chi connectivity index (χ4n) is 3.50. The zero-order valence-corrected chi connectivity index (χ0v) is 16.0. The van der Waals surface area contributed by atoms with Crippen LogP contribution in [0.2, 0.25) is 0 Å². The molecule has 30 heavy (non-hydrogen) atoms. The Kier molecular flexibility index (Phi) is 5.10. The maximum atomic E-state index is 12.9. The summed E-state index contributed by atoms with van der Waals surface area (Å²) >= 11 is 0. The molecule has 1 fully saturated rings. The number of piperidine rings is 1. The number of amides is 1. The SMILES string of the molecule is Cc1c(C(=O)N2CCC[C@H](OCC(F)(F)F)C2)cnn1-c1nn2cccc2c(=O)[nH]1. The minimum Gasteiger partial charge on any atom is -0.367 e. The third-order valence-electron chi connectivity index (χ3n) is 4.98. The van der Waals surface area contributed by atoms with Crippen molar-refractivity contribution in [1.29, 1.82) is 0 Å². The van der Waals surface area contributed by atoms with E-state index in [9.17, 15) is 22.8 Å². The first-order valence-electron chi connectivity index (χ1n) is 9.33. The molecule has 1 saturated heterocycles. The van der Waals surface area contributed by atoms with E-state index < -0.39 is 18.9 Å². The molecule has 12 heteroatoms. The van der Waals surface area contributed by atoms with Gasteiger partial charge in [0.1, 0.15) is 12.1 Å². The normalized spacial score (nSPS) is 17.6. The van der Waals surface area contributed by atoms with Crippen molar-refractivity contribution in [1.82, 2.24) is 29.3 Å². The lowest BCUT2D eigenvalue weighted by Crippen LogP contribution is -2.44. The van der Waals surface area contributed by atoms with Crippen molar-refractivity contribution < 1.29 is 22.7 Å². The highest BCUT2D eigenvalue weighted by atomic mass is 19.4. The minimum absolute atomic E-state index is 0.0734. The Labute approximate surface area is 168 Å². The second-order valence-electron chi connectivity index (χ2n) is 7.11. The molecule has 0 radical (unpaired) electrons. The Morgan fingerprint density at radius 2 is 2.20 bits per heavy atom. The summed E-state index contributed by atoms with van der Waals surface area (Å²) in [6.45, 7) is 0.808. The van der Waals surface area contributed by atoms with Gasteiger partial charge in [-0.1, -0.05) is 0 Å². The lowest BCUT2D eigenvalue weighted by atomic mass is 10.1. The van der Waals surface area contributed by atoms with E-state index in [-0.39, 0.29) is 29.5 Å². The van der Waals surface area contributed by atoms with Gasteiger partial charge in [0.15, 0.2) is 0 Å². The van der Waals surface area contributed by atoms with Crippen molar-refractivity contribution in [3.05, 3.63) is 46.1 Å². The van der Waals surface area contributed by atoms with E-state index >= 15 is 0 Å². The van der Waals surface area contributed by atoms with Crippen molar-refractivity contribution in [2.75, 3.05) is 19.7 Å². The average Bonchev–Trinajstić information content (AvgIpc) is 3.32. The van der Waals surface area contributed by atoms with Gasteiger partial charge < -0.3 is 9.64 Å². The Morgan fingerprint density at radius 1 is 1.40 bits per heavy atom. The zero-order chi connectivity index (χ0) is 21.5. The van der Waals surface area contributed by atoms with Crippen LogP contribution in [-0.4, -0.2) is 67.2 Å². The van der Waals surface area contributed by atoms with Crippen LogP contribution in [-0.2, 0) is 4.74 Å². The molecule has 3 aromatic heterocycles. The third kappa shape index (κ3) is 3.95. The molecule has 3 aromatic rings. The number of ether oxygens (including phenoxy) is 1. The number of H-pyrrole nitrogens is 1. The van der Waals surface area contributed by atoms with Gasteiger partial charge in [-0.15, -0.1) is 5.10 Å². The quantitative estimate of drug-likeness (QED) is 0.688. The first-order chi connectivity index (χ1) is 14.2. The Bertz CT molecular complexity index is 1130. The molecule has 1 N–H and O–H groups in total. The summed E-state index contributed by atoms with van der Waals surface area (Å²) < 4.78 is 44.9. The fraction of sp³-hybridized carbons (Fsp3) is 0.444. The van der Waals surface area contributed by atoms with Gasteiger partial charge in [0.05, 0.1) is 23.6 Å². The van der Waals surface area contributed by atoms with Crippen LogP contribution in [0.25, 0.3) is 11.5 Å². The Morgan fingerprint density at radius 3 is 2.97 bits per heavy atom. The van der Waals surface area contributed by atoms with Crippen molar-refractivity contribution >= 4 is 11.4 Å². The number of halogens is 3. The van der Waals surface area contributed by atoms with E-state index in [1.807, 2.05) is 0 Å². The molecule has 1 aliphatic heterocycles. The fourth-order valence-corrected chi connectivity index (χ4v) is 3.50. The zero-order valence-electron chi connectivity index (χ0n) is 16.0. The average molecular weight is 424 g/mol. The molecule has 4 heterocycles. The Hall–Kier alpha value is -3.15. The molecule has 0 saturated carbocycles. The highest BCUT2D eigenvalue weighted by Gasteiger charge is 2.32. The molecule has 0 bridgehead atoms. The standard InChI is InChI=1S/C18H19F3N6O3/c1-11-13(16(29)25-6-2-4-12(9-25)30-10-18(19,20)21)8-22-27(11)17-23-15(28)14-5-3-7-26(14)24-17/h3,5,7-8,12H,2,4,6,9-10H2,1H3,(H,23,24,28)/t12-/m0/s1. The maximum Gasteiger partial charge on any atom is 0.411 e. The molecule has 0 unspecified atom stereocenters. The second-order valence-corrected chi connectivity index (χ2v) is 7.11. The predicted molar refractivity (Wildman–Crippen MR) is 98.6 cm³/mol. The van der Waals surface area contributed by atoms with Gasteiger partial charge in [0.2, 0.25) is 5.95 Å². The van der Waals surface area contributed by atoms with E-state index in [0.717, 1.165) is 0 Å². The minimum atomic E-state index is -4.41. The highest BCUT2D eigenvalue weighted by molar-refractivity contribution is 5.95. The first-order valence-corrected chi connectivity index (χ1v) is 9.33. The van der Waals surface area contributed by atoms with Crippen molar-refractivity contribution in [3.8, 4) is 5.95 Å². The van der Waals surface area contributed by atoms with Gasteiger partial charge in [-0.25, -0.2) is 9.20 Å². The maximum absolute atomic E-state index is 12.9. The van der Waals surface area contributed by atoms with Crippen LogP contribution in [0.5, 0.6) is 0 Å². The lowest BCUT2D eigenvalue weighted by Gasteiger charge is -2.32. The van der Waals surface area contributed by atoms with Crippen LogP contribution >= 0.6 is 0 Å². The summed E-state index contributed by atoms with van der Waals surface area (Å²) in [5.74, 6) is -0.214. The van der Waals surface area contributed by atoms with Crippen molar-refractivity contribution in [2.45, 2.75) is 32.0 Å². The summed E-state index contributed by atoms with van der Waals surface area (Å²) in [5, 5.41) is 8.45. The van der Waals surface area contributed by atoms with Crippen LogP contribution in [0, 0.1) is 6.92 Å². The molecule has 9 nitrogen and oxygen atoms in total. The number of aromatic amines is 1. The smallest absolute Gasteiger partial charge is 0.367 e. The Balaban J connectivity index is 1.54. The molecule has 4 rings (SSSR count). The number of nitrogens with one attached hydrogen (secondary N) is 1. The van der Waals surface area contributed by atoms with E-state index in [0.29, 0.717) is 30.6 Å². The molecule has 1 amide bonds. The van der Waals surface area contributed by atoms with Gasteiger partial charge in [-0.05, 0) is 31.9 Å². The number of hydrogen-bond acceptors (Lipinski definition) is 5. The third-order valence-corrected chi connectivity index (χ3v) is 4.98. The van der Waals surface area contributed by atoms with Crippen LogP contribution in [0.4, 0.5) is 13.2 Å². The first kappa shape index (κ1) is 20.1. The van der Waals surface area contributed by atoms with Crippen LogP contribution < -0.4 is 5.56 Å². The number of rotatable bonds is 4. The topological polar surface area (TPSA) is 97.5 Å².